The molecule has 1 saturated heterocycles. The monoisotopic (exact) mass is 379 g/mol. The van der Waals surface area contributed by atoms with Crippen molar-refractivity contribution in [1.29, 1.82) is 0 Å². The summed E-state index contributed by atoms with van der Waals surface area (Å²) in [5, 5.41) is 10.3. The summed E-state index contributed by atoms with van der Waals surface area (Å²) in [6.07, 6.45) is 7.70. The molecule has 0 aromatic carbocycles. The molecule has 0 bridgehead atoms. The molecule has 8 heteroatoms. The number of carbonyl (C=O) groups excluding carboxylic acids is 1. The lowest BCUT2D eigenvalue weighted by Gasteiger charge is -2.32. The van der Waals surface area contributed by atoms with E-state index in [1.54, 1.807) is 0 Å². The van der Waals surface area contributed by atoms with Gasteiger partial charge in [0.25, 0.3) is 0 Å². The van der Waals surface area contributed by atoms with Gasteiger partial charge in [-0.3, -0.25) is 4.90 Å². The Balaban J connectivity index is 1.36. The van der Waals surface area contributed by atoms with Gasteiger partial charge in [0.05, 0.1) is 6.54 Å². The number of likely N-dealkylation sites (tertiary alicyclic amines) is 1. The SMILES string of the molecule is CCOC(C)c1noc(CN2CCC(NC(=O)NC3CCCCC3)CC2)n1. The Bertz CT molecular complexity index is 580. The number of nitrogens with zero attached hydrogens (tertiary/aromatic N) is 3. The maximum absolute atomic E-state index is 12.2. The minimum absolute atomic E-state index is 0.00759. The fraction of sp³-hybridized carbons (Fsp3) is 0.842. The van der Waals surface area contributed by atoms with Gasteiger partial charge in [0.2, 0.25) is 5.89 Å². The van der Waals surface area contributed by atoms with E-state index >= 15 is 0 Å². The van der Waals surface area contributed by atoms with Gasteiger partial charge in [-0.15, -0.1) is 0 Å². The fourth-order valence-corrected chi connectivity index (χ4v) is 3.91. The number of nitrogens with one attached hydrogen (secondary N) is 2. The number of urea groups is 1. The highest BCUT2D eigenvalue weighted by atomic mass is 16.5. The van der Waals surface area contributed by atoms with Crippen LogP contribution in [0.3, 0.4) is 0 Å². The third-order valence-corrected chi connectivity index (χ3v) is 5.49. The average molecular weight is 380 g/mol. The zero-order chi connectivity index (χ0) is 19.1. The summed E-state index contributed by atoms with van der Waals surface area (Å²) < 4.78 is 10.8. The molecule has 1 aliphatic carbocycles. The summed E-state index contributed by atoms with van der Waals surface area (Å²) in [5.41, 5.74) is 0. The highest BCUT2D eigenvalue weighted by Crippen LogP contribution is 2.18. The van der Waals surface area contributed by atoms with Gasteiger partial charge in [0, 0.05) is 31.8 Å². The molecule has 2 aliphatic rings. The quantitative estimate of drug-likeness (QED) is 0.757. The van der Waals surface area contributed by atoms with Gasteiger partial charge in [-0.1, -0.05) is 24.4 Å². The Morgan fingerprint density at radius 1 is 1.19 bits per heavy atom. The maximum Gasteiger partial charge on any atom is 0.315 e. The molecule has 1 unspecified atom stereocenters. The van der Waals surface area contributed by atoms with Crippen LogP contribution in [0.1, 0.15) is 76.6 Å². The van der Waals surface area contributed by atoms with Crippen LogP contribution in [0.15, 0.2) is 4.52 Å². The van der Waals surface area contributed by atoms with Crippen molar-refractivity contribution in [3.8, 4) is 0 Å². The van der Waals surface area contributed by atoms with Crippen molar-refractivity contribution < 1.29 is 14.1 Å². The Morgan fingerprint density at radius 3 is 2.52 bits per heavy atom. The number of amides is 2. The number of hydrogen-bond acceptors (Lipinski definition) is 6. The summed E-state index contributed by atoms with van der Waals surface area (Å²) in [6.45, 7) is 6.96. The molecule has 0 spiro atoms. The third kappa shape index (κ3) is 6.17. The summed E-state index contributed by atoms with van der Waals surface area (Å²) in [5.74, 6) is 1.22. The topological polar surface area (TPSA) is 92.5 Å². The summed E-state index contributed by atoms with van der Waals surface area (Å²) in [7, 11) is 0. The number of piperidine rings is 1. The second-order valence-electron chi connectivity index (χ2n) is 7.65. The van der Waals surface area contributed by atoms with Crippen LogP contribution in [-0.2, 0) is 11.3 Å². The predicted molar refractivity (Wildman–Crippen MR) is 101 cm³/mol. The fourth-order valence-electron chi connectivity index (χ4n) is 3.91. The van der Waals surface area contributed by atoms with E-state index in [0.717, 1.165) is 38.8 Å². The van der Waals surface area contributed by atoms with E-state index in [4.69, 9.17) is 9.26 Å². The van der Waals surface area contributed by atoms with E-state index in [-0.39, 0.29) is 18.2 Å². The van der Waals surface area contributed by atoms with Crippen molar-refractivity contribution in [2.45, 2.75) is 83.5 Å². The molecule has 1 atom stereocenters. The minimum atomic E-state index is -0.148. The molecule has 1 aliphatic heterocycles. The Morgan fingerprint density at radius 2 is 1.85 bits per heavy atom. The third-order valence-electron chi connectivity index (χ3n) is 5.49. The van der Waals surface area contributed by atoms with Crippen molar-refractivity contribution in [2.24, 2.45) is 0 Å². The lowest BCUT2D eigenvalue weighted by atomic mass is 9.96. The van der Waals surface area contributed by atoms with Crippen LogP contribution in [0, 0.1) is 0 Å². The molecular weight excluding hydrogens is 346 g/mol. The molecule has 2 amide bonds. The van der Waals surface area contributed by atoms with Gasteiger partial charge in [-0.2, -0.15) is 4.98 Å². The van der Waals surface area contributed by atoms with Gasteiger partial charge >= 0.3 is 6.03 Å². The van der Waals surface area contributed by atoms with Gasteiger partial charge in [0.15, 0.2) is 5.82 Å². The van der Waals surface area contributed by atoms with Gasteiger partial charge in [0.1, 0.15) is 6.10 Å². The molecular formula is C19H33N5O3. The molecule has 3 rings (SSSR count). The minimum Gasteiger partial charge on any atom is -0.371 e. The second kappa shape index (κ2) is 10.0. The van der Waals surface area contributed by atoms with E-state index in [1.807, 2.05) is 13.8 Å². The van der Waals surface area contributed by atoms with Crippen LogP contribution >= 0.6 is 0 Å². The first kappa shape index (κ1) is 20.1. The van der Waals surface area contributed by atoms with Crippen molar-refractivity contribution in [3.05, 3.63) is 11.7 Å². The lowest BCUT2D eigenvalue weighted by molar-refractivity contribution is 0.0683. The molecule has 2 N–H and O–H groups in total. The molecule has 1 aromatic rings. The first-order valence-electron chi connectivity index (χ1n) is 10.4. The van der Waals surface area contributed by atoms with E-state index < -0.39 is 0 Å². The van der Waals surface area contributed by atoms with Crippen molar-refractivity contribution in [1.82, 2.24) is 25.7 Å². The molecule has 0 radical (unpaired) electrons. The van der Waals surface area contributed by atoms with Crippen LogP contribution in [0.4, 0.5) is 4.79 Å². The number of carbonyl (C=O) groups is 1. The Labute approximate surface area is 161 Å². The highest BCUT2D eigenvalue weighted by Gasteiger charge is 2.24. The number of rotatable bonds is 7. The zero-order valence-electron chi connectivity index (χ0n) is 16.6. The largest absolute Gasteiger partial charge is 0.371 e. The Hall–Kier alpha value is -1.67. The molecule has 2 heterocycles. The molecule has 152 valence electrons. The van der Waals surface area contributed by atoms with Gasteiger partial charge in [-0.05, 0) is 39.5 Å². The van der Waals surface area contributed by atoms with Gasteiger partial charge in [-0.25, -0.2) is 4.79 Å². The molecule has 8 nitrogen and oxygen atoms in total. The number of aromatic nitrogens is 2. The van der Waals surface area contributed by atoms with Gasteiger partial charge < -0.3 is 19.9 Å². The Kier molecular flexibility index (Phi) is 7.46. The highest BCUT2D eigenvalue weighted by molar-refractivity contribution is 5.74. The van der Waals surface area contributed by atoms with E-state index in [0.29, 0.717) is 30.9 Å². The standard InChI is InChI=1S/C19H33N5O3/c1-3-26-14(2)18-22-17(27-23-18)13-24-11-9-16(10-12-24)21-19(25)20-15-7-5-4-6-8-15/h14-16H,3-13H2,1-2H3,(H2,20,21,25). The van der Waals surface area contributed by atoms with Crippen LogP contribution in [0.25, 0.3) is 0 Å². The first-order chi connectivity index (χ1) is 13.1. The van der Waals surface area contributed by atoms with E-state index in [1.165, 1.54) is 19.3 Å². The van der Waals surface area contributed by atoms with Crippen molar-refractivity contribution in [2.75, 3.05) is 19.7 Å². The number of hydrogen-bond donors (Lipinski definition) is 2. The van der Waals surface area contributed by atoms with E-state index in [2.05, 4.69) is 25.7 Å². The predicted octanol–water partition coefficient (Wildman–Crippen LogP) is 2.76. The maximum atomic E-state index is 12.2. The summed E-state index contributed by atoms with van der Waals surface area (Å²) in [4.78, 5) is 18.9. The van der Waals surface area contributed by atoms with Crippen LogP contribution in [-0.4, -0.2) is 52.9 Å². The second-order valence-corrected chi connectivity index (χ2v) is 7.65. The smallest absolute Gasteiger partial charge is 0.315 e. The van der Waals surface area contributed by atoms with Crippen molar-refractivity contribution in [3.63, 3.8) is 0 Å². The average Bonchev–Trinajstić information content (AvgIpc) is 3.13. The summed E-state index contributed by atoms with van der Waals surface area (Å²) in [6, 6.07) is 0.581. The lowest BCUT2D eigenvalue weighted by Crippen LogP contribution is -2.50. The number of ether oxygens (including phenoxy) is 1. The molecule has 2 fully saturated rings. The molecule has 1 saturated carbocycles. The van der Waals surface area contributed by atoms with Crippen LogP contribution in [0.5, 0.6) is 0 Å². The molecule has 1 aromatic heterocycles. The zero-order valence-corrected chi connectivity index (χ0v) is 16.6. The van der Waals surface area contributed by atoms with Crippen LogP contribution < -0.4 is 10.6 Å². The van der Waals surface area contributed by atoms with Crippen LogP contribution in [0.2, 0.25) is 0 Å². The molecule has 27 heavy (non-hydrogen) atoms. The summed E-state index contributed by atoms with van der Waals surface area (Å²) >= 11 is 0. The normalized spacial score (nSPS) is 21.1. The van der Waals surface area contributed by atoms with E-state index in [9.17, 15) is 4.79 Å². The van der Waals surface area contributed by atoms with Crippen molar-refractivity contribution >= 4 is 6.03 Å². The first-order valence-corrected chi connectivity index (χ1v) is 10.4.